The number of aliphatic hydroxyl groups is 1. The monoisotopic (exact) mass is 348 g/mol. The van der Waals surface area contributed by atoms with E-state index in [4.69, 9.17) is 4.74 Å². The van der Waals surface area contributed by atoms with Gasteiger partial charge in [-0.2, -0.15) is 0 Å². The Bertz CT molecular complexity index is 728. The van der Waals surface area contributed by atoms with E-state index in [2.05, 4.69) is 0 Å². The van der Waals surface area contributed by atoms with Gasteiger partial charge in [0.05, 0.1) is 12.3 Å². The molecular weight excluding hydrogens is 328 g/mol. The minimum absolute atomic E-state index is 0.00875. The Labute approximate surface area is 144 Å². The molecule has 2 rings (SSSR count). The zero-order chi connectivity index (χ0) is 18.8. The van der Waals surface area contributed by atoms with Crippen molar-refractivity contribution in [1.29, 1.82) is 0 Å². The molecule has 0 spiro atoms. The second-order valence-corrected chi connectivity index (χ2v) is 5.93. The molecule has 1 aromatic carbocycles. The molecule has 1 aromatic rings. The molecular formula is C17H20N2O6. The molecule has 134 valence electrons. The summed E-state index contributed by atoms with van der Waals surface area (Å²) in [6.45, 7) is 3.86. The molecule has 0 fully saturated rings. The molecule has 1 aliphatic rings. The van der Waals surface area contributed by atoms with Gasteiger partial charge < -0.3 is 14.7 Å². The first-order valence-electron chi connectivity index (χ1n) is 7.89. The molecule has 1 aliphatic heterocycles. The normalized spacial score (nSPS) is 20.4. The summed E-state index contributed by atoms with van der Waals surface area (Å²) in [5, 5.41) is 21.9. The molecule has 1 amide bonds. The number of nitro groups is 1. The highest BCUT2D eigenvalue weighted by atomic mass is 16.6. The van der Waals surface area contributed by atoms with Crippen LogP contribution in [-0.2, 0) is 14.3 Å². The number of ether oxygens (including phenoxy) is 1. The van der Waals surface area contributed by atoms with Crippen molar-refractivity contribution in [3.8, 4) is 0 Å². The molecule has 0 bridgehead atoms. The molecule has 0 saturated heterocycles. The predicted octanol–water partition coefficient (Wildman–Crippen LogP) is 1.22. The third-order valence-electron chi connectivity index (χ3n) is 3.86. The molecule has 0 aromatic heterocycles. The van der Waals surface area contributed by atoms with Gasteiger partial charge in [0, 0.05) is 11.0 Å². The van der Waals surface area contributed by atoms with Crippen LogP contribution < -0.4 is 0 Å². The Morgan fingerprint density at radius 1 is 1.36 bits per heavy atom. The molecule has 0 radical (unpaired) electrons. The summed E-state index contributed by atoms with van der Waals surface area (Å²) in [6.07, 6.45) is 0. The van der Waals surface area contributed by atoms with Crippen LogP contribution in [0.5, 0.6) is 0 Å². The van der Waals surface area contributed by atoms with E-state index >= 15 is 0 Å². The minimum atomic E-state index is -2.56. The second-order valence-electron chi connectivity index (χ2n) is 5.93. The highest BCUT2D eigenvalue weighted by Crippen LogP contribution is 2.41. The van der Waals surface area contributed by atoms with Crippen molar-refractivity contribution in [2.24, 2.45) is 0 Å². The smallest absolute Gasteiger partial charge is 0.339 e. The van der Waals surface area contributed by atoms with Crippen LogP contribution in [0.25, 0.3) is 5.70 Å². The van der Waals surface area contributed by atoms with E-state index in [1.54, 1.807) is 51.1 Å². The largest absolute Gasteiger partial charge is 0.462 e. The summed E-state index contributed by atoms with van der Waals surface area (Å²) in [5.74, 6) is -1.84. The van der Waals surface area contributed by atoms with Crippen LogP contribution in [-0.4, -0.2) is 51.6 Å². The number of hydrogen-bond donors (Lipinski definition) is 1. The number of rotatable bonds is 6. The Morgan fingerprint density at radius 2 is 1.96 bits per heavy atom. The number of carbonyl (C=O) groups excluding carboxylic acids is 2. The van der Waals surface area contributed by atoms with Crippen molar-refractivity contribution in [3.63, 3.8) is 0 Å². The molecule has 8 heteroatoms. The van der Waals surface area contributed by atoms with Crippen LogP contribution >= 0.6 is 0 Å². The molecule has 0 saturated carbocycles. The summed E-state index contributed by atoms with van der Waals surface area (Å²) >= 11 is 0. The number of nitrogens with zero attached hydrogens (tertiary/aromatic N) is 2. The van der Waals surface area contributed by atoms with Crippen molar-refractivity contribution >= 4 is 17.6 Å². The standard InChI is InChI=1S/C17H20N2O6/c1-4-25-15(20)13-14(12-8-6-5-7-9-12)19(11(2)3)16(21)17(13,22)10-18(23)24/h5-9,11,22H,4,10H2,1-3H3/t17-/m1/s1. The maximum absolute atomic E-state index is 12.8. The average Bonchev–Trinajstić information content (AvgIpc) is 2.76. The van der Waals surface area contributed by atoms with Gasteiger partial charge >= 0.3 is 5.97 Å². The predicted molar refractivity (Wildman–Crippen MR) is 88.8 cm³/mol. The van der Waals surface area contributed by atoms with Gasteiger partial charge in [-0.05, 0) is 26.3 Å². The maximum atomic E-state index is 12.8. The first-order valence-corrected chi connectivity index (χ1v) is 7.89. The number of hydrogen-bond acceptors (Lipinski definition) is 6. The summed E-state index contributed by atoms with van der Waals surface area (Å²) < 4.78 is 4.97. The van der Waals surface area contributed by atoms with E-state index < -0.39 is 40.6 Å². The zero-order valence-corrected chi connectivity index (χ0v) is 14.3. The number of carbonyl (C=O) groups is 2. The van der Waals surface area contributed by atoms with Gasteiger partial charge in [0.15, 0.2) is 0 Å². The van der Waals surface area contributed by atoms with E-state index in [1.807, 2.05) is 0 Å². The van der Waals surface area contributed by atoms with Crippen molar-refractivity contribution < 1.29 is 24.4 Å². The lowest BCUT2D eigenvalue weighted by Gasteiger charge is -2.26. The van der Waals surface area contributed by atoms with Crippen LogP contribution in [0.2, 0.25) is 0 Å². The van der Waals surface area contributed by atoms with Gasteiger partial charge in [0.2, 0.25) is 12.1 Å². The average molecular weight is 348 g/mol. The maximum Gasteiger partial charge on any atom is 0.339 e. The summed E-state index contributed by atoms with van der Waals surface area (Å²) in [4.78, 5) is 36.8. The van der Waals surface area contributed by atoms with Crippen molar-refractivity contribution in [3.05, 3.63) is 51.6 Å². The van der Waals surface area contributed by atoms with Gasteiger partial charge in [-0.15, -0.1) is 0 Å². The van der Waals surface area contributed by atoms with Gasteiger partial charge in [-0.1, -0.05) is 30.3 Å². The topological polar surface area (TPSA) is 110 Å². The molecule has 0 aliphatic carbocycles. The van der Waals surface area contributed by atoms with E-state index in [-0.39, 0.29) is 12.3 Å². The van der Waals surface area contributed by atoms with Crippen molar-refractivity contribution in [2.45, 2.75) is 32.4 Å². The van der Waals surface area contributed by atoms with Crippen LogP contribution in [0.15, 0.2) is 35.9 Å². The molecule has 8 nitrogen and oxygen atoms in total. The third-order valence-corrected chi connectivity index (χ3v) is 3.86. The van der Waals surface area contributed by atoms with Gasteiger partial charge in [-0.25, -0.2) is 4.79 Å². The fourth-order valence-electron chi connectivity index (χ4n) is 2.90. The Hall–Kier alpha value is -2.74. The van der Waals surface area contributed by atoms with E-state index in [1.165, 1.54) is 4.90 Å². The fourth-order valence-corrected chi connectivity index (χ4v) is 2.90. The lowest BCUT2D eigenvalue weighted by molar-refractivity contribution is -0.494. The first kappa shape index (κ1) is 18.6. The Balaban J connectivity index is 2.78. The molecule has 1 N–H and O–H groups in total. The van der Waals surface area contributed by atoms with E-state index in [0.717, 1.165) is 0 Å². The third kappa shape index (κ3) is 3.25. The van der Waals surface area contributed by atoms with Crippen molar-refractivity contribution in [2.75, 3.05) is 13.2 Å². The highest BCUT2D eigenvalue weighted by Gasteiger charge is 2.59. The zero-order valence-electron chi connectivity index (χ0n) is 14.3. The summed E-state index contributed by atoms with van der Waals surface area (Å²) in [7, 11) is 0. The minimum Gasteiger partial charge on any atom is -0.462 e. The first-order chi connectivity index (χ1) is 11.7. The fraction of sp³-hybridized carbons (Fsp3) is 0.412. The lowest BCUT2D eigenvalue weighted by Crippen LogP contribution is -2.50. The molecule has 0 unspecified atom stereocenters. The number of amides is 1. The molecule has 1 atom stereocenters. The van der Waals surface area contributed by atoms with Crippen LogP contribution in [0.1, 0.15) is 26.3 Å². The quantitative estimate of drug-likeness (QED) is 0.470. The van der Waals surface area contributed by atoms with E-state index in [9.17, 15) is 24.8 Å². The SMILES string of the molecule is CCOC(=O)C1=C(c2ccccc2)N(C(C)C)C(=O)[C@@]1(O)C[N+](=O)[O-]. The molecule has 25 heavy (non-hydrogen) atoms. The Morgan fingerprint density at radius 3 is 2.44 bits per heavy atom. The lowest BCUT2D eigenvalue weighted by atomic mass is 9.93. The van der Waals surface area contributed by atoms with Crippen LogP contribution in [0.3, 0.4) is 0 Å². The Kier molecular flexibility index (Phi) is 5.22. The van der Waals surface area contributed by atoms with E-state index in [0.29, 0.717) is 5.56 Å². The number of benzene rings is 1. The number of esters is 1. The summed E-state index contributed by atoms with van der Waals surface area (Å²) in [6, 6.07) is 8.07. The highest BCUT2D eigenvalue weighted by molar-refractivity contribution is 6.15. The van der Waals surface area contributed by atoms with Crippen molar-refractivity contribution in [1.82, 2.24) is 4.90 Å². The van der Waals surface area contributed by atoms with Crippen LogP contribution in [0, 0.1) is 10.1 Å². The molecule has 1 heterocycles. The van der Waals surface area contributed by atoms with Crippen LogP contribution in [0.4, 0.5) is 0 Å². The van der Waals surface area contributed by atoms with Gasteiger partial charge in [0.1, 0.15) is 5.57 Å². The second kappa shape index (κ2) is 7.02. The van der Waals surface area contributed by atoms with Gasteiger partial charge in [0.25, 0.3) is 5.91 Å². The summed E-state index contributed by atoms with van der Waals surface area (Å²) in [5.41, 5.74) is -2.32. The van der Waals surface area contributed by atoms with Gasteiger partial charge in [-0.3, -0.25) is 14.9 Å².